The fourth-order valence-electron chi connectivity index (χ4n) is 2.39. The number of benzene rings is 1. The highest BCUT2D eigenvalue weighted by atomic mass is 35.7. The van der Waals surface area contributed by atoms with Gasteiger partial charge in [0.05, 0.1) is 11.4 Å². The Morgan fingerprint density at radius 3 is 2.48 bits per heavy atom. The van der Waals surface area contributed by atoms with E-state index in [-0.39, 0.29) is 18.9 Å². The van der Waals surface area contributed by atoms with E-state index in [4.69, 9.17) is 10.7 Å². The van der Waals surface area contributed by atoms with E-state index in [0.717, 1.165) is 0 Å². The van der Waals surface area contributed by atoms with Crippen molar-refractivity contribution in [1.29, 1.82) is 0 Å². The van der Waals surface area contributed by atoms with Gasteiger partial charge in [0.2, 0.25) is 15.0 Å². The predicted octanol–water partition coefficient (Wildman–Crippen LogP) is 1.55. The van der Waals surface area contributed by atoms with Crippen molar-refractivity contribution >= 4 is 31.3 Å². The van der Waals surface area contributed by atoms with Gasteiger partial charge < -0.3 is 4.90 Å². The Morgan fingerprint density at radius 1 is 1.19 bits per heavy atom. The summed E-state index contributed by atoms with van der Waals surface area (Å²) >= 11 is 0. The zero-order chi connectivity index (χ0) is 15.0. The van der Waals surface area contributed by atoms with E-state index in [0.29, 0.717) is 11.4 Å². The summed E-state index contributed by atoms with van der Waals surface area (Å²) in [6.45, 7) is 0.0585. The monoisotopic (exact) mass is 325 g/mol. The molecule has 1 amide bonds. The van der Waals surface area contributed by atoms with Crippen molar-refractivity contribution in [1.82, 2.24) is 9.78 Å². The summed E-state index contributed by atoms with van der Waals surface area (Å²) in [6, 6.07) is 8.97. The lowest BCUT2D eigenvalue weighted by Crippen LogP contribution is -2.27. The lowest BCUT2D eigenvalue weighted by atomic mass is 10.2. The highest BCUT2D eigenvalue weighted by Crippen LogP contribution is 2.30. The molecule has 21 heavy (non-hydrogen) atoms. The minimum absolute atomic E-state index is 0.0585. The second-order valence-corrected chi connectivity index (χ2v) is 7.65. The number of anilines is 1. The SMILES string of the molecule is O=C1CC(S(=O)(=O)Cl)CN1c1ccccc1-n1cccn1. The number of amides is 1. The number of hydrogen-bond acceptors (Lipinski definition) is 4. The molecule has 0 saturated carbocycles. The molecule has 0 aliphatic carbocycles. The number of para-hydroxylation sites is 2. The third-order valence-electron chi connectivity index (χ3n) is 3.41. The van der Waals surface area contributed by atoms with Crippen molar-refractivity contribution in [2.24, 2.45) is 0 Å². The van der Waals surface area contributed by atoms with Gasteiger partial charge in [-0.05, 0) is 18.2 Å². The first kappa shape index (κ1) is 14.1. The van der Waals surface area contributed by atoms with E-state index < -0.39 is 14.3 Å². The molecule has 6 nitrogen and oxygen atoms in total. The van der Waals surface area contributed by atoms with Crippen LogP contribution < -0.4 is 4.90 Å². The Hall–Kier alpha value is -1.86. The Balaban J connectivity index is 2.01. The van der Waals surface area contributed by atoms with Gasteiger partial charge in [-0.1, -0.05) is 12.1 Å². The molecule has 3 rings (SSSR count). The minimum atomic E-state index is -3.76. The lowest BCUT2D eigenvalue weighted by molar-refractivity contribution is -0.117. The van der Waals surface area contributed by atoms with Crippen molar-refractivity contribution in [3.05, 3.63) is 42.7 Å². The summed E-state index contributed by atoms with van der Waals surface area (Å²) in [5.41, 5.74) is 1.33. The van der Waals surface area contributed by atoms with E-state index >= 15 is 0 Å². The maximum atomic E-state index is 12.1. The van der Waals surface area contributed by atoms with Crippen LogP contribution in [0.3, 0.4) is 0 Å². The summed E-state index contributed by atoms with van der Waals surface area (Å²) in [5.74, 6) is -0.260. The summed E-state index contributed by atoms with van der Waals surface area (Å²) in [5, 5.41) is 3.27. The predicted molar refractivity (Wildman–Crippen MR) is 79.1 cm³/mol. The van der Waals surface area contributed by atoms with Crippen molar-refractivity contribution in [3.8, 4) is 5.69 Å². The normalized spacial score (nSPS) is 19.2. The minimum Gasteiger partial charge on any atom is -0.309 e. The summed E-state index contributed by atoms with van der Waals surface area (Å²) < 4.78 is 24.5. The number of hydrogen-bond donors (Lipinski definition) is 0. The fraction of sp³-hybridized carbons (Fsp3) is 0.231. The van der Waals surface area contributed by atoms with Crippen LogP contribution >= 0.6 is 10.7 Å². The topological polar surface area (TPSA) is 72.3 Å². The average Bonchev–Trinajstić information content (AvgIpc) is 3.07. The van der Waals surface area contributed by atoms with Crippen LogP contribution in [-0.2, 0) is 13.8 Å². The van der Waals surface area contributed by atoms with Crippen molar-refractivity contribution in [3.63, 3.8) is 0 Å². The number of aromatic nitrogens is 2. The first-order valence-corrected chi connectivity index (χ1v) is 8.67. The maximum Gasteiger partial charge on any atom is 0.237 e. The number of carbonyl (C=O) groups excluding carboxylic acids is 1. The lowest BCUT2D eigenvalue weighted by Gasteiger charge is -2.19. The number of nitrogens with zero attached hydrogens (tertiary/aromatic N) is 3. The molecule has 1 unspecified atom stereocenters. The van der Waals surface area contributed by atoms with E-state index in [1.165, 1.54) is 4.90 Å². The molecular formula is C13H12ClN3O3S. The van der Waals surface area contributed by atoms with Crippen LogP contribution in [0, 0.1) is 0 Å². The van der Waals surface area contributed by atoms with Crippen LogP contribution in [-0.4, -0.2) is 35.9 Å². The van der Waals surface area contributed by atoms with Gasteiger partial charge in [-0.15, -0.1) is 0 Å². The molecule has 0 spiro atoms. The molecule has 1 atom stereocenters. The molecule has 1 saturated heterocycles. The Bertz CT molecular complexity index is 774. The highest BCUT2D eigenvalue weighted by Gasteiger charge is 2.38. The molecule has 1 aromatic heterocycles. The first-order chi connectivity index (χ1) is 9.97. The van der Waals surface area contributed by atoms with Crippen molar-refractivity contribution < 1.29 is 13.2 Å². The van der Waals surface area contributed by atoms with Gasteiger partial charge in [-0.2, -0.15) is 5.10 Å². The van der Waals surface area contributed by atoms with Crippen LogP contribution in [0.5, 0.6) is 0 Å². The van der Waals surface area contributed by atoms with Crippen LogP contribution in [0.1, 0.15) is 6.42 Å². The van der Waals surface area contributed by atoms with E-state index in [9.17, 15) is 13.2 Å². The van der Waals surface area contributed by atoms with Gasteiger partial charge in [0.1, 0.15) is 5.25 Å². The van der Waals surface area contributed by atoms with Crippen molar-refractivity contribution in [2.45, 2.75) is 11.7 Å². The average molecular weight is 326 g/mol. The van der Waals surface area contributed by atoms with Crippen LogP contribution in [0.4, 0.5) is 5.69 Å². The summed E-state index contributed by atoms with van der Waals surface area (Å²) in [4.78, 5) is 13.6. The molecule has 1 aliphatic heterocycles. The molecule has 1 aromatic carbocycles. The molecule has 1 aliphatic rings. The molecule has 2 heterocycles. The van der Waals surface area contributed by atoms with E-state index in [1.54, 1.807) is 35.3 Å². The maximum absolute atomic E-state index is 12.1. The van der Waals surface area contributed by atoms with Crippen LogP contribution in [0.2, 0.25) is 0 Å². The Morgan fingerprint density at radius 2 is 1.90 bits per heavy atom. The van der Waals surface area contributed by atoms with Gasteiger partial charge in [-0.3, -0.25) is 4.79 Å². The second-order valence-electron chi connectivity index (χ2n) is 4.75. The quantitative estimate of drug-likeness (QED) is 0.803. The second kappa shape index (κ2) is 5.16. The number of rotatable bonds is 3. The standard InChI is InChI=1S/C13H12ClN3O3S/c14-21(19,20)10-8-13(18)16(9-10)11-4-1-2-5-12(11)17-7-3-6-15-17/h1-7,10H,8-9H2. The molecule has 0 N–H and O–H groups in total. The molecular weight excluding hydrogens is 314 g/mol. The Labute approximate surface area is 126 Å². The van der Waals surface area contributed by atoms with Gasteiger partial charge in [0.15, 0.2) is 0 Å². The zero-order valence-corrected chi connectivity index (χ0v) is 12.5. The zero-order valence-electron chi connectivity index (χ0n) is 10.9. The molecule has 0 bridgehead atoms. The van der Waals surface area contributed by atoms with Crippen LogP contribution in [0.25, 0.3) is 5.69 Å². The molecule has 2 aromatic rings. The Kier molecular flexibility index (Phi) is 3.46. The fourth-order valence-corrected chi connectivity index (χ4v) is 3.42. The number of halogens is 1. The third kappa shape index (κ3) is 2.66. The van der Waals surface area contributed by atoms with E-state index in [1.807, 2.05) is 12.1 Å². The largest absolute Gasteiger partial charge is 0.309 e. The van der Waals surface area contributed by atoms with Crippen LogP contribution in [0.15, 0.2) is 42.7 Å². The number of carbonyl (C=O) groups is 1. The smallest absolute Gasteiger partial charge is 0.237 e. The van der Waals surface area contributed by atoms with Gasteiger partial charge in [0, 0.05) is 36.0 Å². The van der Waals surface area contributed by atoms with Gasteiger partial charge in [0.25, 0.3) is 0 Å². The summed E-state index contributed by atoms with van der Waals surface area (Å²) in [6.07, 6.45) is 3.29. The highest BCUT2D eigenvalue weighted by molar-refractivity contribution is 8.14. The molecule has 8 heteroatoms. The first-order valence-electron chi connectivity index (χ1n) is 6.29. The van der Waals surface area contributed by atoms with Gasteiger partial charge in [-0.25, -0.2) is 13.1 Å². The molecule has 110 valence electrons. The van der Waals surface area contributed by atoms with E-state index in [2.05, 4.69) is 5.10 Å². The van der Waals surface area contributed by atoms with Gasteiger partial charge >= 0.3 is 0 Å². The third-order valence-corrected chi connectivity index (χ3v) is 5.28. The molecule has 0 radical (unpaired) electrons. The van der Waals surface area contributed by atoms with Crippen molar-refractivity contribution in [2.75, 3.05) is 11.4 Å². The summed E-state index contributed by atoms with van der Waals surface area (Å²) in [7, 11) is 1.62. The molecule has 1 fully saturated rings.